The number of unbranched alkanes of at least 4 members (excludes halogenated alkanes) is 1. The number of benzene rings is 1. The maximum absolute atomic E-state index is 5.05. The second kappa shape index (κ2) is 5.26. The summed E-state index contributed by atoms with van der Waals surface area (Å²) < 4.78 is 0. The number of nitrogens with two attached hydrogens (primary N) is 1. The molecule has 0 heterocycles. The van der Waals surface area contributed by atoms with Crippen molar-refractivity contribution in [3.63, 3.8) is 0 Å². The molecule has 0 aromatic heterocycles. The Hall–Kier alpha value is -1.42. The lowest BCUT2D eigenvalue weighted by Gasteiger charge is -1.96. The number of hydrogen-bond acceptors (Lipinski definition) is 1. The number of rotatable bonds is 3. The topological polar surface area (TPSA) is 26.0 Å². The van der Waals surface area contributed by atoms with Crippen LogP contribution in [0.15, 0.2) is 30.3 Å². The molecule has 1 nitrogen and oxygen atoms in total. The summed E-state index contributed by atoms with van der Waals surface area (Å²) in [7, 11) is 0. The molecule has 0 fully saturated rings. The van der Waals surface area contributed by atoms with E-state index in [1.165, 1.54) is 5.56 Å². The zero-order valence-electron chi connectivity index (χ0n) is 7.09. The zero-order valence-corrected chi connectivity index (χ0v) is 7.09. The monoisotopic (exact) mass is 159 g/mol. The molecular formula is C11H13N. The van der Waals surface area contributed by atoms with Crippen LogP contribution in [-0.4, -0.2) is 0 Å². The fraction of sp³-hybridized carbons (Fsp3) is 0.273. The Balaban J connectivity index is 2.27. The average Bonchev–Trinajstić information content (AvgIpc) is 2.14. The Kier molecular flexibility index (Phi) is 3.80. The first-order chi connectivity index (χ1) is 5.93. The standard InChI is InChI=1S/C11H13N/c12-10-6-2-5-9-11-7-3-1-4-8-11/h1,3-4,7-8H,2,5,9,12H2. The van der Waals surface area contributed by atoms with Crippen LogP contribution in [-0.2, 0) is 6.42 Å². The summed E-state index contributed by atoms with van der Waals surface area (Å²) in [6, 6.07) is 12.8. The van der Waals surface area contributed by atoms with Gasteiger partial charge in [0.15, 0.2) is 0 Å². The molecule has 1 rings (SSSR count). The third kappa shape index (κ3) is 3.12. The number of hydrogen-bond donors (Lipinski definition) is 1. The van der Waals surface area contributed by atoms with Gasteiger partial charge in [0, 0.05) is 12.5 Å². The van der Waals surface area contributed by atoms with Crippen LogP contribution < -0.4 is 5.73 Å². The van der Waals surface area contributed by atoms with Crippen molar-refractivity contribution in [2.45, 2.75) is 19.3 Å². The summed E-state index contributed by atoms with van der Waals surface area (Å²) in [4.78, 5) is 0. The van der Waals surface area contributed by atoms with Crippen LogP contribution in [0.5, 0.6) is 0 Å². The first kappa shape index (κ1) is 8.67. The molecule has 12 heavy (non-hydrogen) atoms. The highest BCUT2D eigenvalue weighted by atomic mass is 14.4. The van der Waals surface area contributed by atoms with Crippen LogP contribution in [0.2, 0.25) is 0 Å². The van der Waals surface area contributed by atoms with Crippen LogP contribution in [0.25, 0.3) is 0 Å². The fourth-order valence-electron chi connectivity index (χ4n) is 1.10. The summed E-state index contributed by atoms with van der Waals surface area (Å²) in [5, 5.41) is 0. The first-order valence-electron chi connectivity index (χ1n) is 4.16. The van der Waals surface area contributed by atoms with E-state index >= 15 is 0 Å². The van der Waals surface area contributed by atoms with Crippen LogP contribution in [0.4, 0.5) is 0 Å². The molecule has 1 aromatic rings. The highest BCUT2D eigenvalue weighted by Crippen LogP contribution is 2.03. The van der Waals surface area contributed by atoms with E-state index in [0.717, 1.165) is 19.3 Å². The van der Waals surface area contributed by atoms with Gasteiger partial charge >= 0.3 is 0 Å². The molecule has 0 spiro atoms. The van der Waals surface area contributed by atoms with E-state index in [9.17, 15) is 0 Å². The van der Waals surface area contributed by atoms with Gasteiger partial charge < -0.3 is 5.73 Å². The quantitative estimate of drug-likeness (QED) is 0.407. The first-order valence-corrected chi connectivity index (χ1v) is 4.16. The van der Waals surface area contributed by atoms with Crippen LogP contribution in [0, 0.1) is 12.0 Å². The Morgan fingerprint density at radius 2 is 1.92 bits per heavy atom. The highest BCUT2D eigenvalue weighted by Gasteiger charge is 1.88. The Morgan fingerprint density at radius 3 is 2.58 bits per heavy atom. The van der Waals surface area contributed by atoms with Crippen molar-refractivity contribution >= 4 is 0 Å². The lowest BCUT2D eigenvalue weighted by molar-refractivity contribution is 0.857. The van der Waals surface area contributed by atoms with Gasteiger partial charge in [0.1, 0.15) is 0 Å². The van der Waals surface area contributed by atoms with Gasteiger partial charge in [-0.15, -0.1) is 0 Å². The third-order valence-electron chi connectivity index (χ3n) is 1.71. The second-order valence-electron chi connectivity index (χ2n) is 2.66. The summed E-state index contributed by atoms with van der Waals surface area (Å²) >= 11 is 0. The van der Waals surface area contributed by atoms with E-state index in [-0.39, 0.29) is 0 Å². The van der Waals surface area contributed by atoms with Crippen molar-refractivity contribution in [1.29, 1.82) is 0 Å². The molecule has 1 aromatic carbocycles. The van der Waals surface area contributed by atoms with E-state index in [1.54, 1.807) is 0 Å². The van der Waals surface area contributed by atoms with Crippen LogP contribution in [0.3, 0.4) is 0 Å². The minimum Gasteiger partial charge on any atom is -0.359 e. The molecule has 0 aliphatic rings. The Morgan fingerprint density at radius 1 is 1.17 bits per heavy atom. The highest BCUT2D eigenvalue weighted by molar-refractivity contribution is 5.14. The van der Waals surface area contributed by atoms with E-state index in [4.69, 9.17) is 5.73 Å². The van der Waals surface area contributed by atoms with Crippen molar-refractivity contribution in [3.05, 3.63) is 35.9 Å². The minimum absolute atomic E-state index is 0.894. The molecule has 0 aliphatic carbocycles. The van der Waals surface area contributed by atoms with Gasteiger partial charge in [-0.3, -0.25) is 0 Å². The van der Waals surface area contributed by atoms with Gasteiger partial charge in [-0.1, -0.05) is 36.3 Å². The van der Waals surface area contributed by atoms with Crippen molar-refractivity contribution in [2.24, 2.45) is 5.73 Å². The fourth-order valence-corrected chi connectivity index (χ4v) is 1.10. The molecule has 62 valence electrons. The van der Waals surface area contributed by atoms with Crippen molar-refractivity contribution in [2.75, 3.05) is 0 Å². The maximum atomic E-state index is 5.05. The van der Waals surface area contributed by atoms with Crippen molar-refractivity contribution in [3.8, 4) is 12.0 Å². The Labute approximate surface area is 73.6 Å². The van der Waals surface area contributed by atoms with E-state index in [0.29, 0.717) is 0 Å². The number of aryl methyl sites for hydroxylation is 1. The predicted molar refractivity (Wildman–Crippen MR) is 51.3 cm³/mol. The molecule has 0 amide bonds. The van der Waals surface area contributed by atoms with E-state index in [1.807, 2.05) is 6.07 Å². The molecule has 0 aliphatic heterocycles. The maximum Gasteiger partial charge on any atom is 0.0110 e. The van der Waals surface area contributed by atoms with Crippen molar-refractivity contribution < 1.29 is 0 Å². The Bertz CT molecular complexity index is 266. The average molecular weight is 159 g/mol. The van der Waals surface area contributed by atoms with Crippen molar-refractivity contribution in [1.82, 2.24) is 0 Å². The van der Waals surface area contributed by atoms with Crippen LogP contribution in [0.1, 0.15) is 18.4 Å². The van der Waals surface area contributed by atoms with Gasteiger partial charge in [0.25, 0.3) is 0 Å². The summed E-state index contributed by atoms with van der Waals surface area (Å²) in [5.41, 5.74) is 6.42. The lowest BCUT2D eigenvalue weighted by Crippen LogP contribution is -1.84. The van der Waals surface area contributed by atoms with Gasteiger partial charge in [0.2, 0.25) is 0 Å². The third-order valence-corrected chi connectivity index (χ3v) is 1.71. The van der Waals surface area contributed by atoms with E-state index in [2.05, 4.69) is 36.2 Å². The normalized spacial score (nSPS) is 8.67. The molecule has 0 atom stereocenters. The van der Waals surface area contributed by atoms with Gasteiger partial charge in [0.05, 0.1) is 0 Å². The molecule has 0 bridgehead atoms. The van der Waals surface area contributed by atoms with Gasteiger partial charge in [-0.05, 0) is 18.4 Å². The summed E-state index contributed by atoms with van der Waals surface area (Å²) in [6.07, 6.45) is 3.08. The minimum atomic E-state index is 0.894. The van der Waals surface area contributed by atoms with Crippen LogP contribution >= 0.6 is 0 Å². The molecular weight excluding hydrogens is 146 g/mol. The SMILES string of the molecule is NC#CCCCc1ccccc1. The summed E-state index contributed by atoms with van der Waals surface area (Å²) in [5.74, 6) is 2.85. The molecule has 0 radical (unpaired) electrons. The smallest absolute Gasteiger partial charge is 0.0110 e. The molecule has 0 saturated carbocycles. The van der Waals surface area contributed by atoms with Gasteiger partial charge in [-0.2, -0.15) is 0 Å². The predicted octanol–water partition coefficient (Wildman–Crippen LogP) is 1.93. The van der Waals surface area contributed by atoms with E-state index < -0.39 is 0 Å². The second-order valence-corrected chi connectivity index (χ2v) is 2.66. The molecule has 0 unspecified atom stereocenters. The molecule has 0 saturated heterocycles. The largest absolute Gasteiger partial charge is 0.359 e. The summed E-state index contributed by atoms with van der Waals surface area (Å²) in [6.45, 7) is 0. The zero-order chi connectivity index (χ0) is 8.65. The lowest BCUT2D eigenvalue weighted by atomic mass is 10.1. The van der Waals surface area contributed by atoms with Gasteiger partial charge in [-0.25, -0.2) is 0 Å². The molecule has 2 N–H and O–H groups in total. The molecule has 1 heteroatoms.